The van der Waals surface area contributed by atoms with Crippen LogP contribution in [0.15, 0.2) is 0 Å². The van der Waals surface area contributed by atoms with E-state index in [9.17, 15) is 0 Å². The molecule has 22 heteroatoms. The topological polar surface area (TPSA) is 316 Å². The molecule has 15 nitrogen and oxygen atoms in total. The summed E-state index contributed by atoms with van der Waals surface area (Å²) in [7, 11) is 0. The summed E-state index contributed by atoms with van der Waals surface area (Å²) in [6.45, 7) is 0. The average Bonchev–Trinajstić information content (AvgIpc) is 1.94. The number of hydrogen-bond donors (Lipinski definition) is 0. The Morgan fingerprint density at radius 1 is 0.318 bits per heavy atom. The molecule has 0 fully saturated rings. The van der Waals surface area contributed by atoms with Crippen LogP contribution < -0.4 is 31.8 Å². The second kappa shape index (κ2) is 40.3. The summed E-state index contributed by atoms with van der Waals surface area (Å²) in [5.74, 6) is 0. The first kappa shape index (κ1) is 45.3. The molecular formula is Nb2O15Zr5. The quantitative estimate of drug-likeness (QED) is 0.204. The van der Waals surface area contributed by atoms with E-state index in [1.165, 1.54) is 0 Å². The first-order valence-electron chi connectivity index (χ1n) is 3.06. The fourth-order valence-corrected chi connectivity index (χ4v) is 0. The predicted molar refractivity (Wildman–Crippen MR) is 3.43 cm³/mol. The average molecular weight is 882 g/mol. The molecule has 0 aromatic rings. The Bertz CT molecular complexity index is 211. The fraction of sp³-hybridized carbons (Fsp3) is 0. The summed E-state index contributed by atoms with van der Waals surface area (Å²) in [6.07, 6.45) is 0. The molecule has 0 aliphatic rings. The zero-order valence-electron chi connectivity index (χ0n) is 9.52. The Balaban J connectivity index is -0.0000000250. The second-order valence-corrected chi connectivity index (χ2v) is 7.40. The number of hydrogen-bond acceptors (Lipinski definition) is 15. The van der Waals surface area contributed by atoms with Crippen molar-refractivity contribution in [2.75, 3.05) is 0 Å². The van der Waals surface area contributed by atoms with Crippen LogP contribution in [0.25, 0.3) is 0 Å². The normalized spacial score (nSPS) is 5.91. The van der Waals surface area contributed by atoms with Gasteiger partial charge in [-0.3, -0.25) is 0 Å². The summed E-state index contributed by atoms with van der Waals surface area (Å²) in [6, 6.07) is 0. The van der Waals surface area contributed by atoms with Gasteiger partial charge in [-0.1, -0.05) is 0 Å². The van der Waals surface area contributed by atoms with Crippen molar-refractivity contribution in [2.45, 2.75) is 0 Å². The molecule has 0 N–H and O–H groups in total. The van der Waals surface area contributed by atoms with Crippen molar-refractivity contribution in [3.8, 4) is 0 Å². The molecule has 0 heterocycles. The molecule has 0 saturated heterocycles. The van der Waals surface area contributed by atoms with Crippen LogP contribution in [-0.4, -0.2) is 0 Å². The maximum atomic E-state index is 8.61. The first-order chi connectivity index (χ1) is 8.66. The van der Waals surface area contributed by atoms with Gasteiger partial charge >= 0.3 is 204 Å². The molecule has 22 heavy (non-hydrogen) atoms. The molecule has 0 rings (SSSR count). The van der Waals surface area contributed by atoms with E-state index >= 15 is 0 Å². The SMILES string of the molecule is [Nb+5].[Nb+5].[O]=[Zr]([O-])[O-].[O]=[Zr]([O-])[O-].[O]=[Zr]([O-])[O-].[O]=[Zr]([O-])[O-].[O]=[Zr]([O-])[O-]. The summed E-state index contributed by atoms with van der Waals surface area (Å²) < 4.78 is 129. The molecular weight excluding hydrogens is 882 g/mol. The molecule has 0 bridgehead atoms. The molecule has 0 saturated carbocycles. The van der Waals surface area contributed by atoms with Gasteiger partial charge in [0.25, 0.3) is 0 Å². The van der Waals surface area contributed by atoms with E-state index in [1.54, 1.807) is 0 Å². The van der Waals surface area contributed by atoms with E-state index in [0.29, 0.717) is 0 Å². The van der Waals surface area contributed by atoms with E-state index in [0.717, 1.165) is 0 Å². The van der Waals surface area contributed by atoms with Gasteiger partial charge < -0.3 is 0 Å². The molecule has 0 aromatic heterocycles. The van der Waals surface area contributed by atoms with Crippen LogP contribution in [-0.2, 0) is 172 Å². The minimum absolute atomic E-state index is 0. The molecule has 0 unspecified atom stereocenters. The summed E-state index contributed by atoms with van der Waals surface area (Å²) in [4.78, 5) is 0. The molecule has 0 atom stereocenters. The van der Waals surface area contributed by atoms with Crippen LogP contribution in [0.3, 0.4) is 0 Å². The molecule has 0 aliphatic carbocycles. The van der Waals surface area contributed by atoms with Gasteiger partial charge in [0.15, 0.2) is 0 Å². The van der Waals surface area contributed by atoms with Crippen molar-refractivity contribution in [1.82, 2.24) is 0 Å². The third-order valence-electron chi connectivity index (χ3n) is 0. The van der Waals surface area contributed by atoms with Crippen LogP contribution in [0, 0.1) is 0 Å². The van der Waals surface area contributed by atoms with Crippen LogP contribution >= 0.6 is 0 Å². The van der Waals surface area contributed by atoms with Gasteiger partial charge in [0.05, 0.1) is 0 Å². The van der Waals surface area contributed by atoms with Gasteiger partial charge in [0.2, 0.25) is 0 Å². The Kier molecular flexibility index (Phi) is 82.9. The second-order valence-electron chi connectivity index (χ2n) is 1.25. The van der Waals surface area contributed by atoms with Crippen molar-refractivity contribution in [3.63, 3.8) is 0 Å². The van der Waals surface area contributed by atoms with E-state index in [-0.39, 0.29) is 44.8 Å². The van der Waals surface area contributed by atoms with E-state index < -0.39 is 113 Å². The third-order valence-corrected chi connectivity index (χ3v) is 0. The van der Waals surface area contributed by atoms with E-state index in [1.807, 2.05) is 0 Å². The van der Waals surface area contributed by atoms with Gasteiger partial charge in [0.1, 0.15) is 0 Å². The van der Waals surface area contributed by atoms with Crippen molar-refractivity contribution >= 4 is 0 Å². The van der Waals surface area contributed by atoms with Gasteiger partial charge in [-0.05, 0) is 0 Å². The zero-order valence-corrected chi connectivity index (χ0v) is 26.2. The summed E-state index contributed by atoms with van der Waals surface area (Å²) in [5.41, 5.74) is 0. The Morgan fingerprint density at radius 2 is 0.318 bits per heavy atom. The van der Waals surface area contributed by atoms with Gasteiger partial charge in [0, 0.05) is 0 Å². The fourth-order valence-electron chi connectivity index (χ4n) is 0. The molecule has 0 spiro atoms. The standard InChI is InChI=1S/2Nb.15O.5Zr/q2*+5;;;;;;10*-1;;;;;. The molecule has 0 aromatic carbocycles. The van der Waals surface area contributed by atoms with Crippen molar-refractivity contribution in [2.24, 2.45) is 0 Å². The van der Waals surface area contributed by atoms with Crippen LogP contribution in [0.4, 0.5) is 0 Å². The first-order valence-corrected chi connectivity index (χ1v) is 18.1. The van der Waals surface area contributed by atoms with Gasteiger partial charge in [-0.15, -0.1) is 0 Å². The van der Waals surface area contributed by atoms with Crippen molar-refractivity contribution in [1.29, 1.82) is 0 Å². The van der Waals surface area contributed by atoms with E-state index in [2.05, 4.69) is 0 Å². The van der Waals surface area contributed by atoms with Crippen LogP contribution in [0.5, 0.6) is 0 Å². The number of rotatable bonds is 0. The Labute approximate surface area is 199 Å². The summed E-state index contributed by atoms with van der Waals surface area (Å²) >= 11 is -21.5. The van der Waals surface area contributed by atoms with Gasteiger partial charge in [-0.2, -0.15) is 0 Å². The Morgan fingerprint density at radius 3 is 0.318 bits per heavy atom. The predicted octanol–water partition coefficient (Wildman–Crippen LogP) is -12.5. The maximum absolute atomic E-state index is 8.61. The third kappa shape index (κ3) is 669. The van der Waals surface area contributed by atoms with E-state index in [4.69, 9.17) is 45.9 Å². The molecule has 120 valence electrons. The van der Waals surface area contributed by atoms with Gasteiger partial charge in [-0.25, -0.2) is 0 Å². The zero-order chi connectivity index (χ0) is 17.9. The van der Waals surface area contributed by atoms with Crippen molar-refractivity contribution < 1.29 is 204 Å². The monoisotopic (exact) mass is 875 g/mol. The Hall–Kier alpha value is 4.50. The molecule has 0 radical (unpaired) electrons. The minimum atomic E-state index is -4.29. The summed E-state index contributed by atoms with van der Waals surface area (Å²) in [5, 5.41) is 0. The molecule has 0 amide bonds. The van der Waals surface area contributed by atoms with Crippen LogP contribution in [0.1, 0.15) is 0 Å². The van der Waals surface area contributed by atoms with Crippen molar-refractivity contribution in [3.05, 3.63) is 0 Å². The molecule has 0 aliphatic heterocycles. The van der Waals surface area contributed by atoms with Crippen LogP contribution in [0.2, 0.25) is 0 Å².